The maximum Gasteiger partial charge on any atom is 0.240 e. The molecule has 0 aliphatic heterocycles. The normalized spacial score (nSPS) is 11.0. The zero-order valence-electron chi connectivity index (χ0n) is 15.9. The third-order valence-electron chi connectivity index (χ3n) is 4.73. The molecule has 8 heteroatoms. The van der Waals surface area contributed by atoms with Crippen molar-refractivity contribution in [1.82, 2.24) is 14.9 Å². The van der Waals surface area contributed by atoms with Crippen molar-refractivity contribution < 1.29 is 4.79 Å². The average Bonchev–Trinajstić information content (AvgIpc) is 2.75. The average molecular weight is 441 g/mol. The van der Waals surface area contributed by atoms with Crippen LogP contribution in [-0.2, 0) is 11.3 Å². The van der Waals surface area contributed by atoms with E-state index in [-0.39, 0.29) is 17.9 Å². The molecule has 0 saturated carbocycles. The van der Waals surface area contributed by atoms with Crippen LogP contribution in [0.3, 0.4) is 0 Å². The zero-order chi connectivity index (χ0) is 21.1. The van der Waals surface area contributed by atoms with Crippen LogP contribution in [0, 0.1) is 0 Å². The quantitative estimate of drug-likeness (QED) is 0.349. The van der Waals surface area contributed by atoms with Crippen molar-refractivity contribution in [3.63, 3.8) is 0 Å². The van der Waals surface area contributed by atoms with Crippen LogP contribution in [0.2, 0.25) is 10.0 Å². The Hall–Kier alpha value is -3.09. The predicted molar refractivity (Wildman–Crippen MR) is 121 cm³/mol. The van der Waals surface area contributed by atoms with Gasteiger partial charge in [0, 0.05) is 30.1 Å². The number of anilines is 1. The van der Waals surface area contributed by atoms with Gasteiger partial charge in [0.05, 0.1) is 21.1 Å². The minimum Gasteiger partial charge on any atom is -0.367 e. The maximum absolute atomic E-state index is 12.8. The Kier molecular flexibility index (Phi) is 5.88. The summed E-state index contributed by atoms with van der Waals surface area (Å²) in [4.78, 5) is 29.5. The second kappa shape index (κ2) is 8.73. The predicted octanol–water partition coefficient (Wildman–Crippen LogP) is 4.08. The van der Waals surface area contributed by atoms with Crippen LogP contribution in [0.25, 0.3) is 21.8 Å². The first-order chi connectivity index (χ1) is 14.5. The van der Waals surface area contributed by atoms with E-state index < -0.39 is 0 Å². The fourth-order valence-corrected chi connectivity index (χ4v) is 3.82. The maximum atomic E-state index is 12.8. The van der Waals surface area contributed by atoms with Gasteiger partial charge in [-0.05, 0) is 30.3 Å². The highest BCUT2D eigenvalue weighted by molar-refractivity contribution is 6.35. The summed E-state index contributed by atoms with van der Waals surface area (Å²) in [6.07, 6.45) is 1.50. The Labute approximate surface area is 182 Å². The van der Waals surface area contributed by atoms with E-state index in [2.05, 4.69) is 15.6 Å². The molecule has 4 aromatic rings. The van der Waals surface area contributed by atoms with Gasteiger partial charge >= 0.3 is 0 Å². The summed E-state index contributed by atoms with van der Waals surface area (Å²) in [6, 6.07) is 16.2. The van der Waals surface area contributed by atoms with Gasteiger partial charge in [-0.1, -0.05) is 47.5 Å². The van der Waals surface area contributed by atoms with Crippen LogP contribution >= 0.6 is 23.2 Å². The molecule has 0 fully saturated rings. The summed E-state index contributed by atoms with van der Waals surface area (Å²) in [5.74, 6) is 0.346. The lowest BCUT2D eigenvalue weighted by Gasteiger charge is -2.15. The zero-order valence-corrected chi connectivity index (χ0v) is 17.4. The molecule has 6 nitrogen and oxygen atoms in total. The minimum absolute atomic E-state index is 0.0330. The van der Waals surface area contributed by atoms with Crippen molar-refractivity contribution in [2.24, 2.45) is 0 Å². The standard InChI is InChI=1S/C22H18Cl2N4O2/c23-14-11-17(24)22(27-12-14)26-10-9-25-20(29)13-28-18-7-3-1-5-15(18)21(30)16-6-2-4-8-19(16)28/h1-8,11-12H,9-10,13H2,(H,25,29)(H,26,27). The minimum atomic E-state index is -0.161. The number of amides is 1. The van der Waals surface area contributed by atoms with Crippen LogP contribution in [0.1, 0.15) is 0 Å². The molecule has 0 aliphatic rings. The summed E-state index contributed by atoms with van der Waals surface area (Å²) in [5, 5.41) is 8.00. The number of benzene rings is 2. The Bertz CT molecular complexity index is 1240. The largest absolute Gasteiger partial charge is 0.367 e. The molecule has 2 aromatic carbocycles. The molecule has 1 amide bonds. The molecule has 2 aromatic heterocycles. The highest BCUT2D eigenvalue weighted by Crippen LogP contribution is 2.22. The number of pyridine rings is 2. The lowest BCUT2D eigenvalue weighted by Crippen LogP contribution is -2.32. The van der Waals surface area contributed by atoms with Crippen LogP contribution in [0.5, 0.6) is 0 Å². The lowest BCUT2D eigenvalue weighted by molar-refractivity contribution is -0.121. The number of aromatic nitrogens is 2. The molecule has 4 rings (SSSR count). The first-order valence-corrected chi connectivity index (χ1v) is 10.1. The third kappa shape index (κ3) is 4.10. The molecule has 0 atom stereocenters. The Morgan fingerprint density at radius 2 is 1.60 bits per heavy atom. The summed E-state index contributed by atoms with van der Waals surface area (Å²) < 4.78 is 1.87. The van der Waals surface area contributed by atoms with Gasteiger partial charge in [0.15, 0.2) is 5.43 Å². The van der Waals surface area contributed by atoms with Crippen LogP contribution < -0.4 is 16.1 Å². The van der Waals surface area contributed by atoms with Crippen molar-refractivity contribution in [3.8, 4) is 0 Å². The van der Waals surface area contributed by atoms with Crippen molar-refractivity contribution >= 4 is 56.7 Å². The molecule has 0 spiro atoms. The van der Waals surface area contributed by atoms with Gasteiger partial charge in [-0.25, -0.2) is 4.98 Å². The topological polar surface area (TPSA) is 76.0 Å². The van der Waals surface area contributed by atoms with E-state index in [1.165, 1.54) is 6.20 Å². The van der Waals surface area contributed by atoms with E-state index in [0.29, 0.717) is 39.7 Å². The molecule has 152 valence electrons. The molecule has 2 N–H and O–H groups in total. The van der Waals surface area contributed by atoms with E-state index in [9.17, 15) is 9.59 Å². The highest BCUT2D eigenvalue weighted by Gasteiger charge is 2.12. The van der Waals surface area contributed by atoms with Gasteiger partial charge in [0.2, 0.25) is 5.91 Å². The number of fused-ring (bicyclic) bond motifs is 2. The Morgan fingerprint density at radius 3 is 2.23 bits per heavy atom. The number of carbonyl (C=O) groups is 1. The SMILES string of the molecule is O=C(Cn1c2ccccc2c(=O)c2ccccc21)NCCNc1ncc(Cl)cc1Cl. The number of halogens is 2. The summed E-state index contributed by atoms with van der Waals surface area (Å²) in [5.41, 5.74) is 1.42. The van der Waals surface area contributed by atoms with Crippen molar-refractivity contribution in [3.05, 3.63) is 81.1 Å². The molecule has 0 radical (unpaired) electrons. The second-order valence-electron chi connectivity index (χ2n) is 6.71. The van der Waals surface area contributed by atoms with E-state index in [1.807, 2.05) is 41.0 Å². The number of nitrogens with zero attached hydrogens (tertiary/aromatic N) is 2. The van der Waals surface area contributed by atoms with Crippen molar-refractivity contribution in [2.45, 2.75) is 6.54 Å². The van der Waals surface area contributed by atoms with Gasteiger partial charge < -0.3 is 15.2 Å². The molecule has 0 bridgehead atoms. The molecule has 30 heavy (non-hydrogen) atoms. The highest BCUT2D eigenvalue weighted by atomic mass is 35.5. The monoisotopic (exact) mass is 440 g/mol. The number of para-hydroxylation sites is 2. The molecule has 0 saturated heterocycles. The lowest BCUT2D eigenvalue weighted by atomic mass is 10.1. The fraction of sp³-hybridized carbons (Fsp3) is 0.136. The first kappa shape index (κ1) is 20.2. The number of rotatable bonds is 6. The molecular weight excluding hydrogens is 423 g/mol. The summed E-state index contributed by atoms with van der Waals surface area (Å²) in [6.45, 7) is 0.933. The number of hydrogen-bond acceptors (Lipinski definition) is 4. The van der Waals surface area contributed by atoms with Crippen molar-refractivity contribution in [1.29, 1.82) is 0 Å². The number of hydrogen-bond donors (Lipinski definition) is 2. The van der Waals surface area contributed by atoms with Gasteiger partial charge in [-0.2, -0.15) is 0 Å². The van der Waals surface area contributed by atoms with Gasteiger partial charge in [-0.15, -0.1) is 0 Å². The summed E-state index contributed by atoms with van der Waals surface area (Å²) >= 11 is 11.9. The van der Waals surface area contributed by atoms with Crippen LogP contribution in [0.15, 0.2) is 65.6 Å². The van der Waals surface area contributed by atoms with Crippen LogP contribution in [0.4, 0.5) is 5.82 Å². The van der Waals surface area contributed by atoms with Crippen molar-refractivity contribution in [2.75, 3.05) is 18.4 Å². The van der Waals surface area contributed by atoms with E-state index in [4.69, 9.17) is 23.2 Å². The number of nitrogens with one attached hydrogen (secondary N) is 2. The van der Waals surface area contributed by atoms with Crippen LogP contribution in [-0.4, -0.2) is 28.5 Å². The molecular formula is C22H18Cl2N4O2. The Morgan fingerprint density at radius 1 is 0.967 bits per heavy atom. The first-order valence-electron chi connectivity index (χ1n) is 9.36. The second-order valence-corrected chi connectivity index (χ2v) is 7.55. The molecule has 0 unspecified atom stereocenters. The van der Waals surface area contributed by atoms with Gasteiger partial charge in [0.1, 0.15) is 12.4 Å². The van der Waals surface area contributed by atoms with Gasteiger partial charge in [-0.3, -0.25) is 9.59 Å². The fourth-order valence-electron chi connectivity index (χ4n) is 3.37. The smallest absolute Gasteiger partial charge is 0.240 e. The van der Waals surface area contributed by atoms with E-state index in [1.54, 1.807) is 18.2 Å². The third-order valence-corrected chi connectivity index (χ3v) is 5.22. The summed E-state index contributed by atoms with van der Waals surface area (Å²) in [7, 11) is 0. The molecule has 0 aliphatic carbocycles. The van der Waals surface area contributed by atoms with Gasteiger partial charge in [0.25, 0.3) is 0 Å². The molecule has 2 heterocycles. The van der Waals surface area contributed by atoms with E-state index in [0.717, 1.165) is 11.0 Å². The number of carbonyl (C=O) groups excluding carboxylic acids is 1. The Balaban J connectivity index is 1.49. The van der Waals surface area contributed by atoms with E-state index >= 15 is 0 Å².